The lowest BCUT2D eigenvalue weighted by molar-refractivity contribution is -0.148. The number of thiophene rings is 1. The predicted molar refractivity (Wildman–Crippen MR) is 113 cm³/mol. The summed E-state index contributed by atoms with van der Waals surface area (Å²) in [6.07, 6.45) is 1.14. The zero-order chi connectivity index (χ0) is 21.5. The Bertz CT molecular complexity index is 971. The average Bonchev–Trinajstić information content (AvgIpc) is 3.09. The molecular formula is C20H18BrNO7S. The van der Waals surface area contributed by atoms with Gasteiger partial charge in [-0.05, 0) is 28.4 Å². The highest BCUT2D eigenvalue weighted by atomic mass is 79.9. The van der Waals surface area contributed by atoms with E-state index < -0.39 is 24.5 Å². The lowest BCUT2D eigenvalue weighted by Gasteiger charge is -2.14. The van der Waals surface area contributed by atoms with Crippen molar-refractivity contribution >= 4 is 50.1 Å². The summed E-state index contributed by atoms with van der Waals surface area (Å²) in [5, 5.41) is 2.91. The summed E-state index contributed by atoms with van der Waals surface area (Å²) in [4.78, 5) is 36.9. The number of hydrogen-bond acceptors (Lipinski definition) is 8. The van der Waals surface area contributed by atoms with Gasteiger partial charge in [0, 0.05) is 5.56 Å². The Balaban J connectivity index is 1.78. The number of halogens is 1. The summed E-state index contributed by atoms with van der Waals surface area (Å²) >= 11 is 4.63. The van der Waals surface area contributed by atoms with Gasteiger partial charge in [-0.15, -0.1) is 11.3 Å². The van der Waals surface area contributed by atoms with E-state index in [1.54, 1.807) is 6.92 Å². The van der Waals surface area contributed by atoms with Gasteiger partial charge in [0.15, 0.2) is 6.61 Å². The van der Waals surface area contributed by atoms with E-state index in [1.165, 1.54) is 11.3 Å². The maximum atomic E-state index is 12.6. The molecule has 0 saturated heterocycles. The van der Waals surface area contributed by atoms with E-state index in [0.29, 0.717) is 16.0 Å². The largest absolute Gasteiger partial charge is 0.493 e. The average molecular weight is 496 g/mol. The van der Waals surface area contributed by atoms with E-state index in [2.05, 4.69) is 21.2 Å². The summed E-state index contributed by atoms with van der Waals surface area (Å²) in [5.74, 6) is -2.10. The number of rotatable bonds is 7. The molecule has 0 atom stereocenters. The van der Waals surface area contributed by atoms with E-state index >= 15 is 0 Å². The smallest absolute Gasteiger partial charge is 0.377 e. The van der Waals surface area contributed by atoms with Crippen molar-refractivity contribution in [2.75, 3.05) is 31.7 Å². The van der Waals surface area contributed by atoms with Gasteiger partial charge < -0.3 is 24.3 Å². The number of carbonyl (C=O) groups is 3. The van der Waals surface area contributed by atoms with Crippen LogP contribution < -0.4 is 5.32 Å². The van der Waals surface area contributed by atoms with Gasteiger partial charge in [0.05, 0.1) is 10.4 Å². The highest BCUT2D eigenvalue weighted by Gasteiger charge is 2.26. The maximum Gasteiger partial charge on any atom is 0.377 e. The predicted octanol–water partition coefficient (Wildman–Crippen LogP) is 3.72. The SMILES string of the molecule is CCOC(=O)c1c(NC(=O)COC(=O)C2=COCCO2)sc(Br)c1-c1ccccc1. The molecule has 0 radical (unpaired) electrons. The lowest BCUT2D eigenvalue weighted by Crippen LogP contribution is -2.24. The van der Waals surface area contributed by atoms with Gasteiger partial charge in [-0.1, -0.05) is 30.3 Å². The van der Waals surface area contributed by atoms with Crippen LogP contribution in [0.15, 0.2) is 46.1 Å². The van der Waals surface area contributed by atoms with E-state index in [1.807, 2.05) is 30.3 Å². The number of amides is 1. The zero-order valence-corrected chi connectivity index (χ0v) is 18.3. The third-order valence-electron chi connectivity index (χ3n) is 3.84. The first kappa shape index (κ1) is 21.8. The molecule has 0 fully saturated rings. The van der Waals surface area contributed by atoms with Crippen molar-refractivity contribution in [1.82, 2.24) is 0 Å². The fourth-order valence-corrected chi connectivity index (χ4v) is 4.46. The third kappa shape index (κ3) is 5.19. The number of nitrogens with one attached hydrogen (secondary N) is 1. The minimum atomic E-state index is -0.812. The first-order chi connectivity index (χ1) is 14.5. The summed E-state index contributed by atoms with van der Waals surface area (Å²) < 4.78 is 20.9. The van der Waals surface area contributed by atoms with E-state index in [9.17, 15) is 14.4 Å². The summed E-state index contributed by atoms with van der Waals surface area (Å²) in [6.45, 7) is 1.89. The molecule has 2 aromatic rings. The van der Waals surface area contributed by atoms with Crippen LogP contribution in [0, 0.1) is 0 Å². The topological polar surface area (TPSA) is 100 Å². The number of esters is 2. The molecule has 0 saturated carbocycles. The Morgan fingerprint density at radius 1 is 1.13 bits per heavy atom. The van der Waals surface area contributed by atoms with Gasteiger partial charge >= 0.3 is 11.9 Å². The molecule has 3 rings (SSSR count). The molecule has 2 heterocycles. The van der Waals surface area contributed by atoms with Crippen LogP contribution in [0.2, 0.25) is 0 Å². The Hall–Kier alpha value is -2.85. The number of anilines is 1. The van der Waals surface area contributed by atoms with Crippen LogP contribution in [0.3, 0.4) is 0 Å². The Morgan fingerprint density at radius 2 is 1.90 bits per heavy atom. The zero-order valence-electron chi connectivity index (χ0n) is 15.9. The summed E-state index contributed by atoms with van der Waals surface area (Å²) in [5.41, 5.74) is 1.63. The van der Waals surface area contributed by atoms with Crippen molar-refractivity contribution in [3.63, 3.8) is 0 Å². The van der Waals surface area contributed by atoms with Gasteiger partial charge in [0.2, 0.25) is 5.76 Å². The fourth-order valence-electron chi connectivity index (χ4n) is 2.59. The molecule has 158 valence electrons. The van der Waals surface area contributed by atoms with Crippen LogP contribution in [0.4, 0.5) is 5.00 Å². The van der Waals surface area contributed by atoms with E-state index in [0.717, 1.165) is 11.8 Å². The normalized spacial score (nSPS) is 12.8. The second kappa shape index (κ2) is 10.3. The fraction of sp³-hybridized carbons (Fsp3) is 0.250. The standard InChI is InChI=1S/C20H18BrNO7S/c1-2-27-20(25)16-15(12-6-4-3-5-7-12)17(21)30-18(16)22-14(23)11-29-19(24)13-10-26-8-9-28-13/h3-7,10H,2,8-9,11H2,1H3,(H,22,23). The first-order valence-electron chi connectivity index (χ1n) is 8.97. The number of ether oxygens (including phenoxy) is 4. The van der Waals surface area contributed by atoms with Crippen molar-refractivity contribution < 1.29 is 33.3 Å². The highest BCUT2D eigenvalue weighted by Crippen LogP contribution is 2.44. The molecular weight excluding hydrogens is 478 g/mol. The summed E-state index contributed by atoms with van der Waals surface area (Å²) in [6, 6.07) is 9.25. The molecule has 0 bridgehead atoms. The van der Waals surface area contributed by atoms with Gasteiger partial charge in [0.25, 0.3) is 5.91 Å². The van der Waals surface area contributed by atoms with Crippen LogP contribution in [0.5, 0.6) is 0 Å². The molecule has 0 aliphatic carbocycles. The van der Waals surface area contributed by atoms with Gasteiger partial charge in [0.1, 0.15) is 30.0 Å². The molecule has 0 spiro atoms. The van der Waals surface area contributed by atoms with E-state index in [-0.39, 0.29) is 29.5 Å². The van der Waals surface area contributed by atoms with Crippen molar-refractivity contribution in [1.29, 1.82) is 0 Å². The molecule has 0 unspecified atom stereocenters. The van der Waals surface area contributed by atoms with Crippen LogP contribution >= 0.6 is 27.3 Å². The molecule has 10 heteroatoms. The second-order valence-electron chi connectivity index (χ2n) is 5.87. The van der Waals surface area contributed by atoms with Gasteiger partial charge in [-0.3, -0.25) is 4.79 Å². The number of hydrogen-bond donors (Lipinski definition) is 1. The van der Waals surface area contributed by atoms with Crippen molar-refractivity contribution in [2.45, 2.75) is 6.92 Å². The molecule has 8 nitrogen and oxygen atoms in total. The number of benzene rings is 1. The van der Waals surface area contributed by atoms with Crippen LogP contribution in [0.25, 0.3) is 11.1 Å². The molecule has 1 aliphatic rings. The van der Waals surface area contributed by atoms with E-state index in [4.69, 9.17) is 18.9 Å². The molecule has 1 N–H and O–H groups in total. The molecule has 30 heavy (non-hydrogen) atoms. The minimum absolute atomic E-state index is 0.105. The Labute approximate surface area is 184 Å². The monoisotopic (exact) mass is 495 g/mol. The molecule has 1 aliphatic heterocycles. The minimum Gasteiger partial charge on any atom is -0.493 e. The third-order valence-corrected chi connectivity index (χ3v) is 5.62. The quantitative estimate of drug-likeness (QED) is 0.584. The van der Waals surface area contributed by atoms with Crippen molar-refractivity contribution in [3.05, 3.63) is 51.7 Å². The van der Waals surface area contributed by atoms with Crippen LogP contribution in [-0.2, 0) is 28.5 Å². The summed E-state index contributed by atoms with van der Waals surface area (Å²) in [7, 11) is 0. The molecule has 1 aromatic carbocycles. The maximum absolute atomic E-state index is 12.6. The molecule has 1 amide bonds. The first-order valence-corrected chi connectivity index (χ1v) is 10.6. The van der Waals surface area contributed by atoms with Crippen molar-refractivity contribution in [2.24, 2.45) is 0 Å². The van der Waals surface area contributed by atoms with Gasteiger partial charge in [-0.2, -0.15) is 0 Å². The van der Waals surface area contributed by atoms with Crippen LogP contribution in [0.1, 0.15) is 17.3 Å². The molecule has 1 aromatic heterocycles. The van der Waals surface area contributed by atoms with Crippen molar-refractivity contribution in [3.8, 4) is 11.1 Å². The Morgan fingerprint density at radius 3 is 2.57 bits per heavy atom. The number of carbonyl (C=O) groups excluding carboxylic acids is 3. The second-order valence-corrected chi connectivity index (χ2v) is 8.21. The van der Waals surface area contributed by atoms with Gasteiger partial charge in [-0.25, -0.2) is 9.59 Å². The lowest BCUT2D eigenvalue weighted by atomic mass is 10.0. The Kier molecular flexibility index (Phi) is 7.47. The highest BCUT2D eigenvalue weighted by molar-refractivity contribution is 9.11. The van der Waals surface area contributed by atoms with Crippen LogP contribution in [-0.4, -0.2) is 44.3 Å².